The van der Waals surface area contributed by atoms with Crippen LogP contribution in [0.4, 0.5) is 0 Å². The lowest BCUT2D eigenvalue weighted by Crippen LogP contribution is -2.18. The van der Waals surface area contributed by atoms with Gasteiger partial charge in [0.25, 0.3) is 5.91 Å². The number of hydrogen-bond acceptors (Lipinski definition) is 2. The van der Waals surface area contributed by atoms with Gasteiger partial charge in [0.2, 0.25) is 0 Å². The molecule has 0 aromatic heterocycles. The Kier molecular flexibility index (Phi) is 5.19. The Balaban J connectivity index is 2.59. The fourth-order valence-electron chi connectivity index (χ4n) is 1.23. The highest BCUT2D eigenvalue weighted by atomic mass is 79.9. The van der Waals surface area contributed by atoms with Crippen molar-refractivity contribution in [3.05, 3.63) is 34.3 Å². The van der Waals surface area contributed by atoms with Crippen molar-refractivity contribution in [2.45, 2.75) is 26.7 Å². The predicted octanol–water partition coefficient (Wildman–Crippen LogP) is 3.35. The number of rotatable bonds is 4. The van der Waals surface area contributed by atoms with Crippen LogP contribution in [0.2, 0.25) is 0 Å². The van der Waals surface area contributed by atoms with Crippen LogP contribution in [0.25, 0.3) is 0 Å². The second-order valence-electron chi connectivity index (χ2n) is 3.54. The average molecular weight is 283 g/mol. The Labute approximate surface area is 104 Å². The quantitative estimate of drug-likeness (QED) is 0.668. The lowest BCUT2D eigenvalue weighted by atomic mass is 10.2. The molecular weight excluding hydrogens is 268 g/mol. The largest absolute Gasteiger partial charge is 0.271 e. The van der Waals surface area contributed by atoms with Gasteiger partial charge in [-0.15, -0.1) is 0 Å². The van der Waals surface area contributed by atoms with Gasteiger partial charge in [0.1, 0.15) is 0 Å². The van der Waals surface area contributed by atoms with Gasteiger partial charge in [0, 0.05) is 15.7 Å². The normalized spacial score (nSPS) is 11.3. The van der Waals surface area contributed by atoms with Crippen LogP contribution < -0.4 is 5.43 Å². The summed E-state index contributed by atoms with van der Waals surface area (Å²) in [6.07, 6.45) is 1.93. The standard InChI is InChI=1S/C12H15BrN2O/c1-3-4-9(2)14-15-12(16)10-5-7-11(13)8-6-10/h5-8H,3-4H2,1-2H3,(H,15,16)/b14-9+. The lowest BCUT2D eigenvalue weighted by Gasteiger charge is -2.01. The van der Waals surface area contributed by atoms with Gasteiger partial charge < -0.3 is 0 Å². The van der Waals surface area contributed by atoms with E-state index in [1.165, 1.54) is 0 Å². The van der Waals surface area contributed by atoms with Crippen LogP contribution >= 0.6 is 15.9 Å². The van der Waals surface area contributed by atoms with Crippen LogP contribution in [0.15, 0.2) is 33.8 Å². The minimum atomic E-state index is -0.178. The Morgan fingerprint density at radius 1 is 1.38 bits per heavy atom. The molecule has 1 aromatic rings. The first-order valence-corrected chi connectivity index (χ1v) is 6.02. The number of hydrogen-bond donors (Lipinski definition) is 1. The molecule has 0 saturated heterocycles. The number of carbonyl (C=O) groups is 1. The van der Waals surface area contributed by atoms with E-state index in [4.69, 9.17) is 0 Å². The first kappa shape index (κ1) is 12.9. The Hall–Kier alpha value is -1.16. The summed E-state index contributed by atoms with van der Waals surface area (Å²) >= 11 is 3.32. The highest BCUT2D eigenvalue weighted by molar-refractivity contribution is 9.10. The van der Waals surface area contributed by atoms with E-state index in [9.17, 15) is 4.79 Å². The molecule has 1 N–H and O–H groups in total. The maximum Gasteiger partial charge on any atom is 0.271 e. The smallest absolute Gasteiger partial charge is 0.267 e. The van der Waals surface area contributed by atoms with E-state index in [-0.39, 0.29) is 5.91 Å². The maximum absolute atomic E-state index is 11.6. The summed E-state index contributed by atoms with van der Waals surface area (Å²) in [5.74, 6) is -0.178. The molecule has 0 atom stereocenters. The minimum absolute atomic E-state index is 0.178. The average Bonchev–Trinajstić information content (AvgIpc) is 2.27. The summed E-state index contributed by atoms with van der Waals surface area (Å²) in [6, 6.07) is 7.17. The predicted molar refractivity (Wildman–Crippen MR) is 69.6 cm³/mol. The summed E-state index contributed by atoms with van der Waals surface area (Å²) in [5.41, 5.74) is 4.08. The van der Waals surface area contributed by atoms with Crippen molar-refractivity contribution in [1.29, 1.82) is 0 Å². The van der Waals surface area contributed by atoms with Gasteiger partial charge >= 0.3 is 0 Å². The zero-order valence-corrected chi connectivity index (χ0v) is 11.0. The van der Waals surface area contributed by atoms with Crippen molar-refractivity contribution in [2.75, 3.05) is 0 Å². The van der Waals surface area contributed by atoms with Crippen molar-refractivity contribution in [1.82, 2.24) is 5.43 Å². The van der Waals surface area contributed by atoms with Gasteiger partial charge in [-0.1, -0.05) is 29.3 Å². The van der Waals surface area contributed by atoms with Gasteiger partial charge in [0.15, 0.2) is 0 Å². The molecule has 0 radical (unpaired) electrons. The molecule has 0 bridgehead atoms. The van der Waals surface area contributed by atoms with Gasteiger partial charge in [-0.05, 0) is 37.6 Å². The molecule has 0 heterocycles. The molecule has 1 amide bonds. The van der Waals surface area contributed by atoms with Gasteiger partial charge in [-0.3, -0.25) is 4.79 Å². The van der Waals surface area contributed by atoms with Crippen molar-refractivity contribution in [3.8, 4) is 0 Å². The van der Waals surface area contributed by atoms with Gasteiger partial charge in [-0.2, -0.15) is 5.10 Å². The van der Waals surface area contributed by atoms with E-state index in [1.807, 2.05) is 19.1 Å². The first-order chi connectivity index (χ1) is 7.63. The third-order valence-corrected chi connectivity index (χ3v) is 2.60. The Morgan fingerprint density at radius 3 is 2.56 bits per heavy atom. The van der Waals surface area contributed by atoms with Crippen molar-refractivity contribution < 1.29 is 4.79 Å². The monoisotopic (exact) mass is 282 g/mol. The molecule has 0 spiro atoms. The number of carbonyl (C=O) groups excluding carboxylic acids is 1. The van der Waals surface area contributed by atoms with Gasteiger partial charge in [-0.25, -0.2) is 5.43 Å². The molecule has 0 aliphatic heterocycles. The fourth-order valence-corrected chi connectivity index (χ4v) is 1.49. The summed E-state index contributed by atoms with van der Waals surface area (Å²) in [4.78, 5) is 11.6. The topological polar surface area (TPSA) is 41.5 Å². The van der Waals surface area contributed by atoms with E-state index in [0.29, 0.717) is 5.56 Å². The van der Waals surface area contributed by atoms with E-state index >= 15 is 0 Å². The van der Waals surface area contributed by atoms with E-state index < -0.39 is 0 Å². The van der Waals surface area contributed by atoms with E-state index in [2.05, 4.69) is 33.4 Å². The fraction of sp³-hybridized carbons (Fsp3) is 0.333. The number of benzene rings is 1. The molecule has 1 aromatic carbocycles. The van der Waals surface area contributed by atoms with Crippen molar-refractivity contribution in [3.63, 3.8) is 0 Å². The summed E-state index contributed by atoms with van der Waals surface area (Å²) in [7, 11) is 0. The molecule has 0 unspecified atom stereocenters. The van der Waals surface area contributed by atoms with E-state index in [0.717, 1.165) is 23.0 Å². The third-order valence-electron chi connectivity index (χ3n) is 2.07. The zero-order chi connectivity index (χ0) is 12.0. The van der Waals surface area contributed by atoms with Crippen molar-refractivity contribution in [2.24, 2.45) is 5.10 Å². The summed E-state index contributed by atoms with van der Waals surface area (Å²) in [5, 5.41) is 4.02. The highest BCUT2D eigenvalue weighted by Gasteiger charge is 2.03. The molecule has 0 fully saturated rings. The third kappa shape index (κ3) is 4.14. The molecule has 0 saturated carbocycles. The Morgan fingerprint density at radius 2 is 2.00 bits per heavy atom. The molecular formula is C12H15BrN2O. The highest BCUT2D eigenvalue weighted by Crippen LogP contribution is 2.10. The molecule has 0 aliphatic carbocycles. The second-order valence-corrected chi connectivity index (χ2v) is 4.46. The lowest BCUT2D eigenvalue weighted by molar-refractivity contribution is 0.0954. The van der Waals surface area contributed by atoms with E-state index in [1.54, 1.807) is 12.1 Å². The number of nitrogens with one attached hydrogen (secondary N) is 1. The van der Waals surface area contributed by atoms with Gasteiger partial charge in [0.05, 0.1) is 0 Å². The summed E-state index contributed by atoms with van der Waals surface area (Å²) < 4.78 is 0.953. The zero-order valence-electron chi connectivity index (χ0n) is 9.46. The van der Waals surface area contributed by atoms with Crippen molar-refractivity contribution >= 4 is 27.5 Å². The molecule has 4 heteroatoms. The molecule has 1 rings (SSSR count). The number of nitrogens with zero attached hydrogens (tertiary/aromatic N) is 1. The SMILES string of the molecule is CCC/C(C)=N/NC(=O)c1ccc(Br)cc1. The molecule has 86 valence electrons. The molecule has 3 nitrogen and oxygen atoms in total. The minimum Gasteiger partial charge on any atom is -0.267 e. The maximum atomic E-state index is 11.6. The number of hydrazone groups is 1. The van der Waals surface area contributed by atoms with Crippen LogP contribution in [-0.4, -0.2) is 11.6 Å². The van der Waals surface area contributed by atoms with Crippen LogP contribution in [0.3, 0.4) is 0 Å². The Bertz CT molecular complexity index is 385. The first-order valence-electron chi connectivity index (χ1n) is 5.22. The second kappa shape index (κ2) is 6.43. The summed E-state index contributed by atoms with van der Waals surface area (Å²) in [6.45, 7) is 3.99. The van der Waals surface area contributed by atoms with Crippen LogP contribution in [-0.2, 0) is 0 Å². The molecule has 16 heavy (non-hydrogen) atoms. The van der Waals surface area contributed by atoms with Crippen LogP contribution in [0.1, 0.15) is 37.0 Å². The van der Waals surface area contributed by atoms with Crippen LogP contribution in [0, 0.1) is 0 Å². The number of halogens is 1. The van der Waals surface area contributed by atoms with Crippen LogP contribution in [0.5, 0.6) is 0 Å². The molecule has 0 aliphatic rings. The number of amides is 1.